The largest absolute Gasteiger partial charge is 0.478 e. The minimum Gasteiger partial charge on any atom is -0.478 e. The Kier molecular flexibility index (Phi) is 4.68. The van der Waals surface area contributed by atoms with Gasteiger partial charge < -0.3 is 10.4 Å². The van der Waals surface area contributed by atoms with E-state index in [1.807, 2.05) is 0 Å². The number of carboxylic acid groups (broad SMARTS) is 1. The number of benzene rings is 1. The Morgan fingerprint density at radius 2 is 1.90 bits per heavy atom. The third-order valence-corrected chi connectivity index (χ3v) is 2.91. The first-order valence-electron chi connectivity index (χ1n) is 5.98. The highest BCUT2D eigenvalue weighted by molar-refractivity contribution is 6.34. The van der Waals surface area contributed by atoms with E-state index in [4.69, 9.17) is 16.7 Å². The number of hydrogen-bond acceptors (Lipinski definition) is 3. The van der Waals surface area contributed by atoms with Crippen LogP contribution in [0.3, 0.4) is 0 Å². The first-order chi connectivity index (χ1) is 10.1. The highest BCUT2D eigenvalue weighted by Crippen LogP contribution is 2.16. The van der Waals surface area contributed by atoms with Crippen LogP contribution in [0.15, 0.2) is 48.8 Å². The van der Waals surface area contributed by atoms with Gasteiger partial charge >= 0.3 is 5.97 Å². The molecule has 5 nitrogen and oxygen atoms in total. The molecule has 2 N–H and O–H groups in total. The minimum absolute atomic E-state index is 0.274. The van der Waals surface area contributed by atoms with Crippen molar-refractivity contribution in [1.29, 1.82) is 0 Å². The van der Waals surface area contributed by atoms with Crippen LogP contribution in [0.4, 0.5) is 5.69 Å². The van der Waals surface area contributed by atoms with Crippen molar-refractivity contribution in [3.63, 3.8) is 0 Å². The lowest BCUT2D eigenvalue weighted by Gasteiger charge is -2.06. The lowest BCUT2D eigenvalue weighted by Crippen LogP contribution is -2.12. The molecule has 0 aliphatic heterocycles. The van der Waals surface area contributed by atoms with Gasteiger partial charge in [-0.2, -0.15) is 0 Å². The van der Waals surface area contributed by atoms with E-state index in [9.17, 15) is 9.59 Å². The van der Waals surface area contributed by atoms with Crippen LogP contribution < -0.4 is 5.32 Å². The molecule has 0 saturated heterocycles. The number of nitrogens with one attached hydrogen (secondary N) is 1. The normalized spacial score (nSPS) is 10.5. The predicted octanol–water partition coefficient (Wildman–Crippen LogP) is 3.09. The van der Waals surface area contributed by atoms with Gasteiger partial charge in [-0.3, -0.25) is 9.78 Å². The summed E-state index contributed by atoms with van der Waals surface area (Å²) >= 11 is 5.89. The van der Waals surface area contributed by atoms with Crippen LogP contribution in [-0.4, -0.2) is 22.0 Å². The number of rotatable bonds is 4. The number of anilines is 1. The zero-order valence-electron chi connectivity index (χ0n) is 10.8. The van der Waals surface area contributed by atoms with E-state index in [-0.39, 0.29) is 10.9 Å². The maximum absolute atomic E-state index is 12.0. The summed E-state index contributed by atoms with van der Waals surface area (Å²) in [5, 5.41) is 11.5. The van der Waals surface area contributed by atoms with Gasteiger partial charge in [0.15, 0.2) is 0 Å². The molecule has 1 amide bonds. The van der Waals surface area contributed by atoms with E-state index in [0.717, 1.165) is 11.6 Å². The number of halogens is 1. The highest BCUT2D eigenvalue weighted by atomic mass is 35.5. The number of carbonyl (C=O) groups is 2. The average molecular weight is 303 g/mol. The molecule has 2 aromatic rings. The fourth-order valence-electron chi connectivity index (χ4n) is 1.60. The molecule has 1 aromatic carbocycles. The van der Waals surface area contributed by atoms with Crippen LogP contribution in [0.1, 0.15) is 15.9 Å². The molecule has 1 heterocycles. The molecular weight excluding hydrogens is 292 g/mol. The van der Waals surface area contributed by atoms with E-state index >= 15 is 0 Å². The Bertz CT molecular complexity index is 696. The van der Waals surface area contributed by atoms with Crippen molar-refractivity contribution in [2.24, 2.45) is 0 Å². The quantitative estimate of drug-likeness (QED) is 0.851. The Balaban J connectivity index is 2.09. The summed E-state index contributed by atoms with van der Waals surface area (Å²) < 4.78 is 0. The SMILES string of the molecule is O=C(O)C=Cc1ccc(NC(=O)c2ccncc2Cl)cc1. The van der Waals surface area contributed by atoms with Gasteiger partial charge in [-0.15, -0.1) is 0 Å². The second-order valence-electron chi connectivity index (χ2n) is 4.10. The number of aromatic nitrogens is 1. The third kappa shape index (κ3) is 4.15. The van der Waals surface area contributed by atoms with Gasteiger partial charge in [0.25, 0.3) is 5.91 Å². The molecule has 0 saturated carbocycles. The summed E-state index contributed by atoms with van der Waals surface area (Å²) in [6, 6.07) is 8.27. The third-order valence-electron chi connectivity index (χ3n) is 2.60. The second-order valence-corrected chi connectivity index (χ2v) is 4.51. The van der Waals surface area contributed by atoms with Crippen molar-refractivity contribution >= 4 is 35.2 Å². The molecule has 0 radical (unpaired) electrons. The van der Waals surface area contributed by atoms with Gasteiger partial charge in [0.1, 0.15) is 0 Å². The van der Waals surface area contributed by atoms with E-state index in [2.05, 4.69) is 10.3 Å². The van der Waals surface area contributed by atoms with Crippen molar-refractivity contribution in [2.75, 3.05) is 5.32 Å². The van der Waals surface area contributed by atoms with E-state index in [0.29, 0.717) is 11.3 Å². The fraction of sp³-hybridized carbons (Fsp3) is 0. The first kappa shape index (κ1) is 14.7. The van der Waals surface area contributed by atoms with Gasteiger partial charge in [0.2, 0.25) is 0 Å². The smallest absolute Gasteiger partial charge is 0.328 e. The summed E-state index contributed by atoms with van der Waals surface area (Å²) in [6.45, 7) is 0. The minimum atomic E-state index is -1.01. The van der Waals surface area contributed by atoms with Crippen molar-refractivity contribution in [3.05, 3.63) is 65.0 Å². The maximum Gasteiger partial charge on any atom is 0.328 e. The summed E-state index contributed by atoms with van der Waals surface area (Å²) in [7, 11) is 0. The molecule has 2 rings (SSSR count). The molecule has 0 bridgehead atoms. The number of hydrogen-bond donors (Lipinski definition) is 2. The summed E-state index contributed by atoms with van der Waals surface area (Å²) in [4.78, 5) is 26.2. The van der Waals surface area contributed by atoms with Crippen LogP contribution in [0, 0.1) is 0 Å². The molecule has 1 aromatic heterocycles. The standard InChI is InChI=1S/C15H11ClN2O3/c16-13-9-17-8-7-12(13)15(21)18-11-4-1-10(2-5-11)3-6-14(19)20/h1-9H,(H,18,21)(H,19,20). The van der Waals surface area contributed by atoms with Crippen LogP contribution in [-0.2, 0) is 4.79 Å². The van der Waals surface area contributed by atoms with Gasteiger partial charge in [-0.1, -0.05) is 23.7 Å². The molecule has 0 atom stereocenters. The first-order valence-corrected chi connectivity index (χ1v) is 6.36. The van der Waals surface area contributed by atoms with Gasteiger partial charge in [0, 0.05) is 24.2 Å². The topological polar surface area (TPSA) is 79.3 Å². The number of carbonyl (C=O) groups excluding carboxylic acids is 1. The number of aliphatic carboxylic acids is 1. The Hall–Kier alpha value is -2.66. The van der Waals surface area contributed by atoms with Gasteiger partial charge in [-0.05, 0) is 29.8 Å². The van der Waals surface area contributed by atoms with Crippen molar-refractivity contribution in [3.8, 4) is 0 Å². The van der Waals surface area contributed by atoms with Crippen LogP contribution in [0.2, 0.25) is 5.02 Å². The Morgan fingerprint density at radius 3 is 2.52 bits per heavy atom. The van der Waals surface area contributed by atoms with Crippen LogP contribution in [0.25, 0.3) is 6.08 Å². The van der Waals surface area contributed by atoms with Crippen molar-refractivity contribution in [1.82, 2.24) is 4.98 Å². The van der Waals surface area contributed by atoms with Crippen LogP contribution >= 0.6 is 11.6 Å². The monoisotopic (exact) mass is 302 g/mol. The maximum atomic E-state index is 12.0. The molecule has 21 heavy (non-hydrogen) atoms. The lowest BCUT2D eigenvalue weighted by molar-refractivity contribution is -0.131. The van der Waals surface area contributed by atoms with Crippen LogP contribution in [0.5, 0.6) is 0 Å². The van der Waals surface area contributed by atoms with E-state index in [1.54, 1.807) is 24.3 Å². The molecule has 0 unspecified atom stereocenters. The average Bonchev–Trinajstić information content (AvgIpc) is 2.47. The van der Waals surface area contributed by atoms with E-state index in [1.165, 1.54) is 24.5 Å². The Morgan fingerprint density at radius 1 is 1.19 bits per heavy atom. The summed E-state index contributed by atoms with van der Waals surface area (Å²) in [6.07, 6.45) is 5.40. The highest BCUT2D eigenvalue weighted by Gasteiger charge is 2.09. The number of pyridine rings is 1. The fourth-order valence-corrected chi connectivity index (χ4v) is 1.81. The van der Waals surface area contributed by atoms with Gasteiger partial charge in [-0.25, -0.2) is 4.79 Å². The number of carboxylic acids is 1. The molecule has 0 aliphatic carbocycles. The summed E-state index contributed by atoms with van der Waals surface area (Å²) in [5.41, 5.74) is 1.64. The molecular formula is C15H11ClN2O3. The molecule has 0 spiro atoms. The summed E-state index contributed by atoms with van der Waals surface area (Å²) in [5.74, 6) is -1.35. The Labute approximate surface area is 125 Å². The molecule has 6 heteroatoms. The zero-order valence-corrected chi connectivity index (χ0v) is 11.5. The molecule has 0 aliphatic rings. The van der Waals surface area contributed by atoms with Crippen molar-refractivity contribution in [2.45, 2.75) is 0 Å². The lowest BCUT2D eigenvalue weighted by atomic mass is 10.2. The van der Waals surface area contributed by atoms with Crippen molar-refractivity contribution < 1.29 is 14.7 Å². The van der Waals surface area contributed by atoms with Gasteiger partial charge in [0.05, 0.1) is 10.6 Å². The number of amides is 1. The van der Waals surface area contributed by atoms with E-state index < -0.39 is 5.97 Å². The zero-order chi connectivity index (χ0) is 15.2. The number of nitrogens with zero attached hydrogens (tertiary/aromatic N) is 1. The molecule has 106 valence electrons. The predicted molar refractivity (Wildman–Crippen MR) is 80.3 cm³/mol. The second kappa shape index (κ2) is 6.67. The molecule has 0 fully saturated rings.